The quantitative estimate of drug-likeness (QED) is 0.670. The van der Waals surface area contributed by atoms with Gasteiger partial charge in [0.05, 0.1) is 11.4 Å². The van der Waals surface area contributed by atoms with Gasteiger partial charge in [-0.2, -0.15) is 5.10 Å². The minimum atomic E-state index is -0.357. The Labute approximate surface area is 176 Å². The molecule has 5 nitrogen and oxygen atoms in total. The number of rotatable bonds is 6. The van der Waals surface area contributed by atoms with E-state index in [-0.39, 0.29) is 11.7 Å². The number of aromatic nitrogens is 2. The number of nitrogens with one attached hydrogen (secondary N) is 1. The van der Waals surface area contributed by atoms with Crippen molar-refractivity contribution in [3.05, 3.63) is 71.2 Å². The summed E-state index contributed by atoms with van der Waals surface area (Å²) in [6.07, 6.45) is 2.44. The highest BCUT2D eigenvalue weighted by molar-refractivity contribution is 5.94. The van der Waals surface area contributed by atoms with Gasteiger partial charge in [0.2, 0.25) is 0 Å². The molecule has 1 saturated heterocycles. The van der Waals surface area contributed by atoms with E-state index in [2.05, 4.69) is 15.3 Å². The predicted octanol–water partition coefficient (Wildman–Crippen LogP) is 4.12. The molecule has 1 amide bonds. The van der Waals surface area contributed by atoms with Crippen LogP contribution in [0.1, 0.15) is 34.5 Å². The van der Waals surface area contributed by atoms with Gasteiger partial charge < -0.3 is 10.2 Å². The summed E-state index contributed by atoms with van der Waals surface area (Å²) < 4.78 is 16.0. The predicted molar refractivity (Wildman–Crippen MR) is 116 cm³/mol. The Morgan fingerprint density at radius 2 is 1.87 bits per heavy atom. The SMILES string of the molecule is Cc1ccc(C)c(-n2nc(-c3ccccc3F)cc2C(=O)NCCN2CCCC2)c1. The van der Waals surface area contributed by atoms with Crippen LogP contribution in [0.2, 0.25) is 0 Å². The molecule has 1 aliphatic rings. The number of aryl methyl sites for hydroxylation is 2. The highest BCUT2D eigenvalue weighted by atomic mass is 19.1. The Bertz CT molecular complexity index is 1050. The summed E-state index contributed by atoms with van der Waals surface area (Å²) in [7, 11) is 0. The van der Waals surface area contributed by atoms with Crippen molar-refractivity contribution in [3.8, 4) is 16.9 Å². The second-order valence-corrected chi connectivity index (χ2v) is 7.90. The van der Waals surface area contributed by atoms with Crippen LogP contribution in [0.4, 0.5) is 4.39 Å². The lowest BCUT2D eigenvalue weighted by atomic mass is 10.1. The van der Waals surface area contributed by atoms with Gasteiger partial charge in [-0.25, -0.2) is 9.07 Å². The number of carbonyl (C=O) groups excluding carboxylic acids is 1. The Morgan fingerprint density at radius 1 is 1.10 bits per heavy atom. The van der Waals surface area contributed by atoms with Crippen molar-refractivity contribution in [2.24, 2.45) is 0 Å². The number of benzene rings is 2. The van der Waals surface area contributed by atoms with E-state index in [0.717, 1.165) is 36.4 Å². The van der Waals surface area contributed by atoms with Crippen LogP contribution in [0.15, 0.2) is 48.5 Å². The molecule has 0 radical (unpaired) electrons. The first-order valence-corrected chi connectivity index (χ1v) is 10.5. The maximum Gasteiger partial charge on any atom is 0.270 e. The van der Waals surface area contributed by atoms with Crippen LogP contribution >= 0.6 is 0 Å². The number of nitrogens with zero attached hydrogens (tertiary/aromatic N) is 3. The van der Waals surface area contributed by atoms with Crippen LogP contribution < -0.4 is 5.32 Å². The number of carbonyl (C=O) groups is 1. The van der Waals surface area contributed by atoms with E-state index in [0.29, 0.717) is 23.5 Å². The van der Waals surface area contributed by atoms with Gasteiger partial charge >= 0.3 is 0 Å². The Hall–Kier alpha value is -2.99. The van der Waals surface area contributed by atoms with Crippen molar-refractivity contribution in [2.75, 3.05) is 26.2 Å². The molecule has 1 fully saturated rings. The molecule has 0 aliphatic carbocycles. The molecule has 3 aromatic rings. The lowest BCUT2D eigenvalue weighted by Crippen LogP contribution is -2.34. The lowest BCUT2D eigenvalue weighted by Gasteiger charge is -2.15. The van der Waals surface area contributed by atoms with Gasteiger partial charge in [0.15, 0.2) is 0 Å². The van der Waals surface area contributed by atoms with E-state index >= 15 is 0 Å². The monoisotopic (exact) mass is 406 g/mol. The molecular weight excluding hydrogens is 379 g/mol. The Morgan fingerprint density at radius 3 is 2.63 bits per heavy atom. The van der Waals surface area contributed by atoms with Crippen molar-refractivity contribution in [1.29, 1.82) is 0 Å². The van der Waals surface area contributed by atoms with Crippen LogP contribution in [-0.4, -0.2) is 46.8 Å². The van der Waals surface area contributed by atoms with Gasteiger partial charge in [-0.1, -0.05) is 24.3 Å². The van der Waals surface area contributed by atoms with E-state index in [1.807, 2.05) is 32.0 Å². The van der Waals surface area contributed by atoms with Crippen LogP contribution in [0, 0.1) is 19.7 Å². The van der Waals surface area contributed by atoms with Crippen LogP contribution in [0.3, 0.4) is 0 Å². The fourth-order valence-electron chi connectivity index (χ4n) is 3.90. The van der Waals surface area contributed by atoms with Crippen LogP contribution in [0.25, 0.3) is 16.9 Å². The number of halogens is 1. The van der Waals surface area contributed by atoms with Gasteiger partial charge in [0.25, 0.3) is 5.91 Å². The first-order valence-electron chi connectivity index (χ1n) is 10.5. The van der Waals surface area contributed by atoms with Gasteiger partial charge in [0, 0.05) is 18.7 Å². The third-order valence-corrected chi connectivity index (χ3v) is 5.60. The zero-order valence-corrected chi connectivity index (χ0v) is 17.5. The van der Waals surface area contributed by atoms with Gasteiger partial charge in [0.1, 0.15) is 11.5 Å². The molecule has 0 spiro atoms. The summed E-state index contributed by atoms with van der Waals surface area (Å²) in [6, 6.07) is 14.2. The molecule has 30 heavy (non-hydrogen) atoms. The zero-order chi connectivity index (χ0) is 21.1. The number of amides is 1. The first-order chi connectivity index (χ1) is 14.5. The summed E-state index contributed by atoms with van der Waals surface area (Å²) >= 11 is 0. The third kappa shape index (κ3) is 4.28. The largest absolute Gasteiger partial charge is 0.349 e. The molecule has 2 heterocycles. The molecule has 6 heteroatoms. The Balaban J connectivity index is 1.67. The van der Waals surface area contributed by atoms with Crippen LogP contribution in [0.5, 0.6) is 0 Å². The highest BCUT2D eigenvalue weighted by Crippen LogP contribution is 2.26. The van der Waals surface area contributed by atoms with Crippen molar-refractivity contribution < 1.29 is 9.18 Å². The first kappa shape index (κ1) is 20.3. The number of hydrogen-bond donors (Lipinski definition) is 1. The summed E-state index contributed by atoms with van der Waals surface area (Å²) in [5.41, 5.74) is 4.12. The molecule has 4 rings (SSSR count). The molecular formula is C24H27FN4O. The van der Waals surface area contributed by atoms with Gasteiger partial charge in [-0.3, -0.25) is 4.79 Å². The van der Waals surface area contributed by atoms with E-state index in [9.17, 15) is 9.18 Å². The Kier molecular flexibility index (Phi) is 5.95. The lowest BCUT2D eigenvalue weighted by molar-refractivity contribution is 0.0942. The van der Waals surface area contributed by atoms with Crippen molar-refractivity contribution >= 4 is 5.91 Å². The molecule has 156 valence electrons. The summed E-state index contributed by atoms with van der Waals surface area (Å²) in [6.45, 7) is 7.57. The molecule has 0 atom stereocenters. The average Bonchev–Trinajstić information content (AvgIpc) is 3.40. The number of hydrogen-bond acceptors (Lipinski definition) is 3. The molecule has 2 aromatic carbocycles. The fraction of sp³-hybridized carbons (Fsp3) is 0.333. The molecule has 0 bridgehead atoms. The summed E-state index contributed by atoms with van der Waals surface area (Å²) in [5.74, 6) is -0.561. The van der Waals surface area contributed by atoms with Gasteiger partial charge in [-0.05, 0) is 75.2 Å². The average molecular weight is 407 g/mol. The van der Waals surface area contributed by atoms with Gasteiger partial charge in [-0.15, -0.1) is 0 Å². The molecule has 0 unspecified atom stereocenters. The van der Waals surface area contributed by atoms with E-state index < -0.39 is 0 Å². The zero-order valence-electron chi connectivity index (χ0n) is 17.5. The van der Waals surface area contributed by atoms with E-state index in [1.54, 1.807) is 28.9 Å². The van der Waals surface area contributed by atoms with Crippen molar-refractivity contribution in [1.82, 2.24) is 20.0 Å². The second kappa shape index (κ2) is 8.79. The maximum atomic E-state index is 14.4. The third-order valence-electron chi connectivity index (χ3n) is 5.60. The van der Waals surface area contributed by atoms with E-state index in [4.69, 9.17) is 0 Å². The highest BCUT2D eigenvalue weighted by Gasteiger charge is 2.20. The smallest absolute Gasteiger partial charge is 0.270 e. The number of likely N-dealkylation sites (tertiary alicyclic amines) is 1. The minimum Gasteiger partial charge on any atom is -0.349 e. The van der Waals surface area contributed by atoms with Crippen molar-refractivity contribution in [3.63, 3.8) is 0 Å². The van der Waals surface area contributed by atoms with Crippen molar-refractivity contribution in [2.45, 2.75) is 26.7 Å². The minimum absolute atomic E-state index is 0.204. The molecule has 1 aromatic heterocycles. The molecule has 1 aliphatic heterocycles. The normalized spacial score (nSPS) is 14.2. The second-order valence-electron chi connectivity index (χ2n) is 7.90. The molecule has 0 saturated carbocycles. The van der Waals surface area contributed by atoms with Crippen LogP contribution in [-0.2, 0) is 0 Å². The summed E-state index contributed by atoms with van der Waals surface area (Å²) in [5, 5.41) is 7.64. The van der Waals surface area contributed by atoms with E-state index in [1.165, 1.54) is 18.9 Å². The fourth-order valence-corrected chi connectivity index (χ4v) is 3.90. The molecule has 1 N–H and O–H groups in total. The standard InChI is InChI=1S/C24H27FN4O/c1-17-9-10-18(2)22(15-17)29-23(24(30)26-11-14-28-12-5-6-13-28)16-21(27-29)19-7-3-4-8-20(19)25/h3-4,7-10,15-16H,5-6,11-14H2,1-2H3,(H,26,30). The maximum absolute atomic E-state index is 14.4. The summed E-state index contributed by atoms with van der Waals surface area (Å²) in [4.78, 5) is 15.4. The topological polar surface area (TPSA) is 50.2 Å².